The highest BCUT2D eigenvalue weighted by Crippen LogP contribution is 2.26. The van der Waals surface area contributed by atoms with Crippen molar-refractivity contribution >= 4 is 53.7 Å². The monoisotopic (exact) mass is 850 g/mol. The van der Waals surface area contributed by atoms with E-state index in [9.17, 15) is 43.2 Å². The standard InChI is InChI=1S/C14H18O3.2C6H8O4.C6H8O2.C5H8O2.C4H4O4/c15-14-7-6-13(8-9-17-14)11-16-10-12-4-2-1-3-5-12;2*1-3-5(7)10-4(2)6(8)9-3;7-6-4-2-1-3-5-8-6;1-5(2)3-7-4(5)6;5-3-1-7-4(6)2-8-3/h1-5,13H,6-11H2;2*3-4H,1-2H3;1-2H,3-5H2;3H2,1-2H3;1-2H2. The van der Waals surface area contributed by atoms with Gasteiger partial charge in [0.15, 0.2) is 37.6 Å². The number of hydrogen-bond donors (Lipinski definition) is 0. The molecule has 6 aliphatic heterocycles. The normalized spacial score (nSPS) is 25.1. The molecule has 0 aliphatic carbocycles. The Morgan fingerprint density at radius 3 is 1.50 bits per heavy atom. The Bertz CT molecular complexity index is 1540. The molecular formula is C41H54O19. The molecule has 0 spiro atoms. The summed E-state index contributed by atoms with van der Waals surface area (Å²) in [5, 5.41) is 0. The van der Waals surface area contributed by atoms with Gasteiger partial charge in [-0.1, -0.05) is 42.5 Å². The molecule has 1 aromatic rings. The lowest BCUT2D eigenvalue weighted by molar-refractivity contribution is -0.191. The molecular weight excluding hydrogens is 796 g/mol. The fourth-order valence-electron chi connectivity index (χ4n) is 4.61. The number of rotatable bonds is 4. The van der Waals surface area contributed by atoms with Crippen molar-refractivity contribution in [2.24, 2.45) is 11.3 Å². The number of cyclic esters (lactones) is 9. The number of esters is 9. The summed E-state index contributed by atoms with van der Waals surface area (Å²) in [6.45, 7) is 12.2. The second-order valence-corrected chi connectivity index (χ2v) is 14.2. The minimum atomic E-state index is -0.747. The summed E-state index contributed by atoms with van der Waals surface area (Å²) in [6, 6.07) is 10.1. The van der Waals surface area contributed by atoms with Gasteiger partial charge >= 0.3 is 53.7 Å². The minimum absolute atomic E-state index is 0.0736. The van der Waals surface area contributed by atoms with Crippen LogP contribution < -0.4 is 0 Å². The zero-order valence-electron chi connectivity index (χ0n) is 34.7. The number of ether oxygens (including phenoxy) is 10. The van der Waals surface area contributed by atoms with Crippen LogP contribution in [-0.2, 0) is 97.1 Å². The molecule has 5 fully saturated rings. The maximum absolute atomic E-state index is 11.1. The summed E-state index contributed by atoms with van der Waals surface area (Å²) >= 11 is 0. The molecule has 19 nitrogen and oxygen atoms in total. The summed E-state index contributed by atoms with van der Waals surface area (Å²) < 4.78 is 46.8. The van der Waals surface area contributed by atoms with E-state index in [1.165, 1.54) is 33.3 Å². The predicted octanol–water partition coefficient (Wildman–Crippen LogP) is 2.81. The zero-order chi connectivity index (χ0) is 44.7. The van der Waals surface area contributed by atoms with Crippen LogP contribution in [0.5, 0.6) is 0 Å². The van der Waals surface area contributed by atoms with Crippen molar-refractivity contribution < 1.29 is 90.5 Å². The third-order valence-corrected chi connectivity index (χ3v) is 8.33. The predicted molar refractivity (Wildman–Crippen MR) is 203 cm³/mol. The molecule has 0 saturated carbocycles. The molecule has 19 heteroatoms. The van der Waals surface area contributed by atoms with Gasteiger partial charge in [0.05, 0.1) is 31.7 Å². The Kier molecular flexibility index (Phi) is 22.0. The molecule has 6 aliphatic rings. The van der Waals surface area contributed by atoms with Crippen molar-refractivity contribution in [2.75, 3.05) is 39.6 Å². The fraction of sp³-hybridized carbons (Fsp3) is 0.585. The van der Waals surface area contributed by atoms with Gasteiger partial charge in [0, 0.05) is 13.0 Å². The van der Waals surface area contributed by atoms with E-state index in [-0.39, 0.29) is 36.5 Å². The molecule has 0 aromatic heterocycles. The first-order chi connectivity index (χ1) is 28.4. The Balaban J connectivity index is 0.000000256. The average molecular weight is 851 g/mol. The molecule has 5 saturated heterocycles. The fourth-order valence-corrected chi connectivity index (χ4v) is 4.61. The first-order valence-corrected chi connectivity index (χ1v) is 19.3. The Morgan fingerprint density at radius 2 is 1.07 bits per heavy atom. The van der Waals surface area contributed by atoms with Gasteiger partial charge in [0.1, 0.15) is 6.61 Å². The van der Waals surface area contributed by atoms with E-state index >= 15 is 0 Å². The molecule has 7 rings (SSSR count). The van der Waals surface area contributed by atoms with Crippen LogP contribution in [0.15, 0.2) is 42.5 Å². The van der Waals surface area contributed by atoms with Crippen LogP contribution >= 0.6 is 0 Å². The van der Waals surface area contributed by atoms with Gasteiger partial charge in [-0.05, 0) is 72.3 Å². The van der Waals surface area contributed by atoms with E-state index in [1.807, 2.05) is 44.2 Å². The topological polar surface area (TPSA) is 246 Å². The molecule has 0 amide bonds. The summed E-state index contributed by atoms with van der Waals surface area (Å²) in [5.41, 5.74) is 1.01. The second-order valence-electron chi connectivity index (χ2n) is 14.2. The molecule has 0 bridgehead atoms. The lowest BCUT2D eigenvalue weighted by Crippen LogP contribution is -2.42. The van der Waals surface area contributed by atoms with Crippen molar-refractivity contribution in [1.29, 1.82) is 0 Å². The van der Waals surface area contributed by atoms with Crippen LogP contribution in [0.1, 0.15) is 79.2 Å². The van der Waals surface area contributed by atoms with Crippen LogP contribution in [0.25, 0.3) is 0 Å². The lowest BCUT2D eigenvalue weighted by atomic mass is 9.91. The zero-order valence-corrected chi connectivity index (χ0v) is 34.7. The van der Waals surface area contributed by atoms with Gasteiger partial charge in [-0.3, -0.25) is 14.4 Å². The van der Waals surface area contributed by atoms with E-state index in [0.717, 1.165) is 19.3 Å². The summed E-state index contributed by atoms with van der Waals surface area (Å²) in [4.78, 5) is 94.6. The Hall–Kier alpha value is -5.85. The third-order valence-electron chi connectivity index (χ3n) is 8.33. The van der Waals surface area contributed by atoms with E-state index in [0.29, 0.717) is 51.8 Å². The second kappa shape index (κ2) is 26.3. The summed E-state index contributed by atoms with van der Waals surface area (Å²) in [5.74, 6) is -2.69. The van der Waals surface area contributed by atoms with Crippen molar-refractivity contribution in [3.05, 3.63) is 48.0 Å². The van der Waals surface area contributed by atoms with Crippen molar-refractivity contribution in [3.63, 3.8) is 0 Å². The Labute approximate surface area is 347 Å². The van der Waals surface area contributed by atoms with Gasteiger partial charge in [0.2, 0.25) is 0 Å². The highest BCUT2D eigenvalue weighted by molar-refractivity contribution is 5.87. The number of carbonyl (C=O) groups excluding carboxylic acids is 9. The number of benzene rings is 1. The van der Waals surface area contributed by atoms with E-state index in [1.54, 1.807) is 0 Å². The summed E-state index contributed by atoms with van der Waals surface area (Å²) in [7, 11) is 0. The first kappa shape index (κ1) is 50.3. The maximum Gasteiger partial charge on any atom is 0.347 e. The number of hydrogen-bond acceptors (Lipinski definition) is 19. The highest BCUT2D eigenvalue weighted by atomic mass is 16.7. The smallest absolute Gasteiger partial charge is 0.347 e. The lowest BCUT2D eigenvalue weighted by Gasteiger charge is -2.31. The van der Waals surface area contributed by atoms with Gasteiger partial charge in [0.25, 0.3) is 0 Å². The molecule has 5 atom stereocenters. The Morgan fingerprint density at radius 1 is 0.583 bits per heavy atom. The van der Waals surface area contributed by atoms with Crippen LogP contribution in [-0.4, -0.2) is 118 Å². The van der Waals surface area contributed by atoms with Crippen molar-refractivity contribution in [1.82, 2.24) is 0 Å². The molecule has 0 N–H and O–H groups in total. The SMILES string of the molecule is CC1(C)COC1=O.CC1OC(=O)C(C)OC1=O.CC1OC(=O)C(C)OC1=O.O=C1CC=CCCO1.O=C1CCC(COCc2ccccc2)CCO1.O=C1COC(=O)CO1. The highest BCUT2D eigenvalue weighted by Gasteiger charge is 2.39. The first-order valence-electron chi connectivity index (χ1n) is 19.3. The summed E-state index contributed by atoms with van der Waals surface area (Å²) in [6.07, 6.45) is 4.46. The van der Waals surface area contributed by atoms with Gasteiger partial charge in [-0.2, -0.15) is 0 Å². The van der Waals surface area contributed by atoms with Crippen LogP contribution in [0.2, 0.25) is 0 Å². The minimum Gasteiger partial charge on any atom is -0.466 e. The molecule has 60 heavy (non-hydrogen) atoms. The average Bonchev–Trinajstić information content (AvgIpc) is 3.59. The van der Waals surface area contributed by atoms with Gasteiger partial charge in [-0.25, -0.2) is 28.8 Å². The van der Waals surface area contributed by atoms with Crippen molar-refractivity contribution in [2.45, 2.75) is 105 Å². The molecule has 0 radical (unpaired) electrons. The number of carbonyl (C=O) groups is 9. The van der Waals surface area contributed by atoms with Crippen molar-refractivity contribution in [3.8, 4) is 0 Å². The largest absolute Gasteiger partial charge is 0.466 e. The van der Waals surface area contributed by atoms with E-state index in [4.69, 9.17) is 14.2 Å². The third kappa shape index (κ3) is 20.2. The van der Waals surface area contributed by atoms with Crippen LogP contribution in [0.3, 0.4) is 0 Å². The van der Waals surface area contributed by atoms with Gasteiger partial charge < -0.3 is 47.4 Å². The molecule has 332 valence electrons. The maximum atomic E-state index is 11.1. The van der Waals surface area contributed by atoms with E-state index < -0.39 is 60.2 Å². The molecule has 6 heterocycles. The quantitative estimate of drug-likeness (QED) is 0.240. The molecule has 5 unspecified atom stereocenters. The van der Waals surface area contributed by atoms with Crippen LogP contribution in [0, 0.1) is 11.3 Å². The molecule has 1 aromatic carbocycles. The van der Waals surface area contributed by atoms with E-state index in [2.05, 4.69) is 45.3 Å². The van der Waals surface area contributed by atoms with Crippen LogP contribution in [0.4, 0.5) is 0 Å². The van der Waals surface area contributed by atoms with Gasteiger partial charge in [-0.15, -0.1) is 0 Å².